The first-order chi connectivity index (χ1) is 10.3. The maximum Gasteiger partial charge on any atom is 0.341 e. The quantitative estimate of drug-likeness (QED) is 0.450. The van der Waals surface area contributed by atoms with Crippen LogP contribution in [0.4, 0.5) is 4.39 Å². The topological polar surface area (TPSA) is 105 Å². The summed E-state index contributed by atoms with van der Waals surface area (Å²) in [6.45, 7) is 5.14. The molecule has 0 saturated carbocycles. The van der Waals surface area contributed by atoms with Crippen molar-refractivity contribution in [2.75, 3.05) is 0 Å². The second kappa shape index (κ2) is 5.93. The molecule has 0 aliphatic carbocycles. The highest BCUT2D eigenvalue weighted by atomic mass is 19.1. The molecule has 7 nitrogen and oxygen atoms in total. The first-order valence-corrected chi connectivity index (χ1v) is 6.32. The van der Waals surface area contributed by atoms with Crippen molar-refractivity contribution in [3.8, 4) is 11.6 Å². The van der Waals surface area contributed by atoms with Crippen molar-refractivity contribution in [1.29, 1.82) is 0 Å². The van der Waals surface area contributed by atoms with Gasteiger partial charge in [-0.15, -0.1) is 0 Å². The Balaban J connectivity index is 2.51. The highest BCUT2D eigenvalue weighted by molar-refractivity contribution is 5.40. The van der Waals surface area contributed by atoms with E-state index in [1.807, 2.05) is 0 Å². The second-order valence-corrected chi connectivity index (χ2v) is 4.70. The SMILES string of the molecule is Cc1nc(C)c(Oc2cccc(F)c2C(O)(O)OO)nc1C. The zero-order valence-corrected chi connectivity index (χ0v) is 12.2. The molecule has 1 aromatic heterocycles. The summed E-state index contributed by atoms with van der Waals surface area (Å²) in [5.41, 5.74) is 0.972. The molecule has 0 fully saturated rings. The predicted octanol–water partition coefficient (Wildman–Crippen LogP) is 1.92. The Morgan fingerprint density at radius 1 is 1.05 bits per heavy atom. The molecule has 0 atom stereocenters. The molecule has 3 N–H and O–H groups in total. The maximum atomic E-state index is 13.9. The Morgan fingerprint density at radius 2 is 1.68 bits per heavy atom. The number of hydrogen-bond acceptors (Lipinski definition) is 7. The Kier molecular flexibility index (Phi) is 4.38. The third kappa shape index (κ3) is 3.04. The van der Waals surface area contributed by atoms with Gasteiger partial charge < -0.3 is 14.9 Å². The van der Waals surface area contributed by atoms with Gasteiger partial charge in [-0.05, 0) is 32.9 Å². The van der Waals surface area contributed by atoms with Gasteiger partial charge in [0.05, 0.1) is 11.4 Å². The summed E-state index contributed by atoms with van der Waals surface area (Å²) in [6.07, 6.45) is 0. The lowest BCUT2D eigenvalue weighted by molar-refractivity contribution is -0.481. The van der Waals surface area contributed by atoms with Crippen LogP contribution in [0.3, 0.4) is 0 Å². The van der Waals surface area contributed by atoms with Crippen molar-refractivity contribution in [2.45, 2.75) is 26.7 Å². The number of halogens is 1. The van der Waals surface area contributed by atoms with Gasteiger partial charge in [-0.2, -0.15) is 4.89 Å². The molecular formula is C14H15FN2O5. The molecule has 0 bridgehead atoms. The minimum atomic E-state index is -3.26. The van der Waals surface area contributed by atoms with Crippen LogP contribution in [-0.4, -0.2) is 25.4 Å². The molecule has 0 aliphatic heterocycles. The second-order valence-electron chi connectivity index (χ2n) is 4.70. The van der Waals surface area contributed by atoms with Crippen LogP contribution in [0, 0.1) is 26.6 Å². The smallest absolute Gasteiger partial charge is 0.341 e. The fourth-order valence-electron chi connectivity index (χ4n) is 1.85. The van der Waals surface area contributed by atoms with E-state index in [0.29, 0.717) is 17.1 Å². The molecule has 118 valence electrons. The molecule has 0 unspecified atom stereocenters. The average Bonchev–Trinajstić information content (AvgIpc) is 2.44. The van der Waals surface area contributed by atoms with Crippen molar-refractivity contribution >= 4 is 0 Å². The largest absolute Gasteiger partial charge is 0.437 e. The minimum absolute atomic E-state index is 0.0729. The summed E-state index contributed by atoms with van der Waals surface area (Å²) in [5, 5.41) is 27.6. The van der Waals surface area contributed by atoms with E-state index < -0.39 is 17.4 Å². The van der Waals surface area contributed by atoms with Crippen molar-refractivity contribution in [3.63, 3.8) is 0 Å². The lowest BCUT2D eigenvalue weighted by atomic mass is 10.1. The van der Waals surface area contributed by atoms with Crippen molar-refractivity contribution < 1.29 is 29.5 Å². The zero-order chi connectivity index (χ0) is 16.5. The van der Waals surface area contributed by atoms with E-state index in [1.165, 1.54) is 12.1 Å². The molecule has 0 saturated heterocycles. The molecule has 1 heterocycles. The molecule has 2 aromatic rings. The summed E-state index contributed by atoms with van der Waals surface area (Å²) in [5.74, 6) is -4.50. The molecule has 0 amide bonds. The first-order valence-electron chi connectivity index (χ1n) is 6.32. The summed E-state index contributed by atoms with van der Waals surface area (Å²) in [6, 6.07) is 3.53. The number of rotatable bonds is 4. The monoisotopic (exact) mass is 310 g/mol. The van der Waals surface area contributed by atoms with Crippen LogP contribution < -0.4 is 4.74 Å². The van der Waals surface area contributed by atoms with Crippen LogP contribution >= 0.6 is 0 Å². The van der Waals surface area contributed by atoms with E-state index >= 15 is 0 Å². The molecule has 0 spiro atoms. The molecule has 0 aliphatic rings. The van der Waals surface area contributed by atoms with Crippen molar-refractivity contribution in [3.05, 3.63) is 46.7 Å². The van der Waals surface area contributed by atoms with E-state index in [-0.39, 0.29) is 11.6 Å². The molecule has 0 radical (unpaired) electrons. The van der Waals surface area contributed by atoms with Gasteiger partial charge in [-0.3, -0.25) is 4.98 Å². The fourth-order valence-corrected chi connectivity index (χ4v) is 1.85. The van der Waals surface area contributed by atoms with Gasteiger partial charge in [0.1, 0.15) is 22.8 Å². The maximum absolute atomic E-state index is 13.9. The summed E-state index contributed by atoms with van der Waals surface area (Å²) in [7, 11) is 0. The normalized spacial score (nSPS) is 11.6. The van der Waals surface area contributed by atoms with Gasteiger partial charge in [0.2, 0.25) is 5.88 Å². The van der Waals surface area contributed by atoms with Crippen LogP contribution in [0.2, 0.25) is 0 Å². The van der Waals surface area contributed by atoms with Crippen molar-refractivity contribution in [2.24, 2.45) is 0 Å². The van der Waals surface area contributed by atoms with Gasteiger partial charge in [-0.25, -0.2) is 14.6 Å². The van der Waals surface area contributed by atoms with E-state index in [2.05, 4.69) is 14.9 Å². The van der Waals surface area contributed by atoms with E-state index in [9.17, 15) is 14.6 Å². The zero-order valence-electron chi connectivity index (χ0n) is 12.2. The Hall–Kier alpha value is -2.13. The van der Waals surface area contributed by atoms with Crippen LogP contribution in [0.5, 0.6) is 11.6 Å². The number of aryl methyl sites for hydroxylation is 3. The Labute approximate surface area is 125 Å². The third-order valence-electron chi connectivity index (χ3n) is 3.07. The number of hydrogen-bond donors (Lipinski definition) is 3. The van der Waals surface area contributed by atoms with E-state index in [1.54, 1.807) is 20.8 Å². The van der Waals surface area contributed by atoms with Gasteiger partial charge >= 0.3 is 5.97 Å². The molecule has 8 heteroatoms. The Morgan fingerprint density at radius 3 is 2.32 bits per heavy atom. The lowest BCUT2D eigenvalue weighted by Crippen LogP contribution is -2.29. The van der Waals surface area contributed by atoms with Gasteiger partial charge in [0, 0.05) is 0 Å². The average molecular weight is 310 g/mol. The number of benzene rings is 1. The number of aromatic nitrogens is 2. The molecule has 22 heavy (non-hydrogen) atoms. The summed E-state index contributed by atoms with van der Waals surface area (Å²) >= 11 is 0. The standard InChI is InChI=1S/C14H15FN2O5/c1-7-8(2)17-13(9(3)16-7)21-11-6-4-5-10(15)12(11)14(18,19)22-20/h4-6,18-20H,1-3H3. The van der Waals surface area contributed by atoms with Crippen LogP contribution in [0.1, 0.15) is 22.6 Å². The lowest BCUT2D eigenvalue weighted by Gasteiger charge is -2.21. The third-order valence-corrected chi connectivity index (χ3v) is 3.07. The van der Waals surface area contributed by atoms with Gasteiger partial charge in [-0.1, -0.05) is 6.07 Å². The van der Waals surface area contributed by atoms with E-state index in [0.717, 1.165) is 6.07 Å². The van der Waals surface area contributed by atoms with E-state index in [4.69, 9.17) is 9.99 Å². The molecule has 1 aromatic carbocycles. The number of ether oxygens (including phenoxy) is 1. The summed E-state index contributed by atoms with van der Waals surface area (Å²) in [4.78, 5) is 11.9. The first kappa shape index (κ1) is 16.2. The molecule has 2 rings (SSSR count). The van der Waals surface area contributed by atoms with Gasteiger partial charge in [0.15, 0.2) is 0 Å². The summed E-state index contributed by atoms with van der Waals surface area (Å²) < 4.78 is 19.3. The number of aliphatic hydroxyl groups is 2. The number of nitrogens with zero attached hydrogens (tertiary/aromatic N) is 2. The van der Waals surface area contributed by atoms with Crippen LogP contribution in [0.15, 0.2) is 18.2 Å². The Bertz CT molecular complexity index is 706. The predicted molar refractivity (Wildman–Crippen MR) is 72.5 cm³/mol. The minimum Gasteiger partial charge on any atom is -0.437 e. The van der Waals surface area contributed by atoms with Crippen LogP contribution in [0.25, 0.3) is 0 Å². The highest BCUT2D eigenvalue weighted by Gasteiger charge is 2.35. The van der Waals surface area contributed by atoms with Gasteiger partial charge in [0.25, 0.3) is 0 Å². The highest BCUT2D eigenvalue weighted by Crippen LogP contribution is 2.34. The fraction of sp³-hybridized carbons (Fsp3) is 0.286. The molecular weight excluding hydrogens is 295 g/mol. The van der Waals surface area contributed by atoms with Crippen molar-refractivity contribution in [1.82, 2.24) is 9.97 Å². The van der Waals surface area contributed by atoms with Crippen LogP contribution in [-0.2, 0) is 10.9 Å².